The van der Waals surface area contributed by atoms with Crippen molar-refractivity contribution in [3.05, 3.63) is 0 Å². The Bertz CT molecular complexity index is 286. The number of carbonyl (C=O) groups excluding carboxylic acids is 1. The van der Waals surface area contributed by atoms with Gasteiger partial charge in [-0.2, -0.15) is 0 Å². The van der Waals surface area contributed by atoms with Gasteiger partial charge in [-0.15, -0.1) is 11.6 Å². The summed E-state index contributed by atoms with van der Waals surface area (Å²) in [5.74, 6) is -0.669. The summed E-state index contributed by atoms with van der Waals surface area (Å²) >= 11 is 5.91. The monoisotopic (exact) mass is 280 g/mol. The molecular weight excluding hydrogens is 260 g/mol. The third-order valence-corrected chi connectivity index (χ3v) is 3.81. The van der Waals surface area contributed by atoms with Crippen LogP contribution in [0.2, 0.25) is 0 Å². The van der Waals surface area contributed by atoms with Crippen LogP contribution >= 0.6 is 11.6 Å². The van der Waals surface area contributed by atoms with Crippen LogP contribution in [0.15, 0.2) is 0 Å². The van der Waals surface area contributed by atoms with Crippen molar-refractivity contribution in [1.82, 2.24) is 0 Å². The van der Waals surface area contributed by atoms with Crippen molar-refractivity contribution in [3.8, 4) is 0 Å². The van der Waals surface area contributed by atoms with E-state index in [9.17, 15) is 20.1 Å². The summed E-state index contributed by atoms with van der Waals surface area (Å²) < 4.78 is 4.96. The summed E-state index contributed by atoms with van der Waals surface area (Å²) in [5, 5.41) is 28.5. The van der Waals surface area contributed by atoms with Crippen LogP contribution < -0.4 is 0 Å². The lowest BCUT2D eigenvalue weighted by Crippen LogP contribution is -2.46. The molecule has 1 fully saturated rings. The Labute approximate surface area is 112 Å². The Balaban J connectivity index is 2.55. The van der Waals surface area contributed by atoms with Gasteiger partial charge in [-0.05, 0) is 6.42 Å². The van der Waals surface area contributed by atoms with Gasteiger partial charge in [0.25, 0.3) is 0 Å². The van der Waals surface area contributed by atoms with Crippen LogP contribution in [0.1, 0.15) is 33.1 Å². The second kappa shape index (κ2) is 6.70. The average Bonchev–Trinajstić information content (AvgIpc) is 2.67. The van der Waals surface area contributed by atoms with E-state index in [4.69, 9.17) is 16.3 Å². The molecule has 1 aliphatic rings. The lowest BCUT2D eigenvalue weighted by Gasteiger charge is -2.28. The maximum atomic E-state index is 11.2. The highest BCUT2D eigenvalue weighted by Crippen LogP contribution is 2.27. The number of ether oxygens (including phenoxy) is 1. The molecule has 0 aliphatic carbocycles. The van der Waals surface area contributed by atoms with E-state index in [1.165, 1.54) is 0 Å². The average molecular weight is 281 g/mol. The summed E-state index contributed by atoms with van der Waals surface area (Å²) in [6, 6.07) is 0. The number of esters is 1. The summed E-state index contributed by atoms with van der Waals surface area (Å²) in [6.07, 6.45) is -2.72. The topological polar surface area (TPSA) is 87.0 Å². The molecule has 1 saturated heterocycles. The molecule has 18 heavy (non-hydrogen) atoms. The zero-order chi connectivity index (χ0) is 13.9. The van der Waals surface area contributed by atoms with Crippen molar-refractivity contribution in [2.45, 2.75) is 62.9 Å². The largest absolute Gasteiger partial charge is 0.459 e. The molecule has 0 bridgehead atoms. The Morgan fingerprint density at radius 1 is 1.44 bits per heavy atom. The number of alkyl halides is 1. The van der Waals surface area contributed by atoms with Crippen LogP contribution in [0.25, 0.3) is 0 Å². The van der Waals surface area contributed by atoms with Crippen molar-refractivity contribution >= 4 is 17.6 Å². The van der Waals surface area contributed by atoms with Gasteiger partial charge >= 0.3 is 5.97 Å². The normalized spacial score (nSPS) is 30.7. The number of cyclic esters (lactones) is 1. The van der Waals surface area contributed by atoms with E-state index >= 15 is 0 Å². The number of hydrogen-bond acceptors (Lipinski definition) is 5. The number of halogens is 1. The number of aliphatic hydroxyl groups is 3. The minimum atomic E-state index is -1.32. The van der Waals surface area contributed by atoms with Crippen molar-refractivity contribution in [3.63, 3.8) is 0 Å². The molecule has 6 unspecified atom stereocenters. The van der Waals surface area contributed by atoms with E-state index in [2.05, 4.69) is 0 Å². The Morgan fingerprint density at radius 3 is 2.50 bits per heavy atom. The van der Waals surface area contributed by atoms with E-state index in [1.54, 1.807) is 6.92 Å². The quantitative estimate of drug-likeness (QED) is 0.485. The van der Waals surface area contributed by atoms with Gasteiger partial charge in [-0.3, -0.25) is 4.79 Å². The fraction of sp³-hybridized carbons (Fsp3) is 0.917. The molecule has 0 aromatic carbocycles. The van der Waals surface area contributed by atoms with Crippen molar-refractivity contribution in [1.29, 1.82) is 0 Å². The summed E-state index contributed by atoms with van der Waals surface area (Å²) in [4.78, 5) is 11.2. The van der Waals surface area contributed by atoms with Gasteiger partial charge in [-0.1, -0.05) is 20.3 Å². The van der Waals surface area contributed by atoms with Gasteiger partial charge in [0.15, 0.2) is 0 Å². The van der Waals surface area contributed by atoms with Crippen LogP contribution in [0.3, 0.4) is 0 Å². The number of aliphatic hydroxyl groups excluding tert-OH is 3. The highest BCUT2D eigenvalue weighted by Gasteiger charge is 2.41. The SMILES string of the molecule is CCCC(O)C(Cl)C(O)C(O)C1CC(C)C(=O)O1. The van der Waals surface area contributed by atoms with Gasteiger partial charge in [0.2, 0.25) is 0 Å². The zero-order valence-electron chi connectivity index (χ0n) is 10.6. The first-order valence-electron chi connectivity index (χ1n) is 6.27. The van der Waals surface area contributed by atoms with E-state index in [0.717, 1.165) is 6.42 Å². The van der Waals surface area contributed by atoms with Crippen molar-refractivity contribution in [2.24, 2.45) is 5.92 Å². The maximum Gasteiger partial charge on any atom is 0.309 e. The first-order chi connectivity index (χ1) is 8.38. The molecule has 0 aromatic rings. The predicted molar refractivity (Wildman–Crippen MR) is 66.2 cm³/mol. The molecule has 1 heterocycles. The molecule has 0 amide bonds. The number of hydrogen-bond donors (Lipinski definition) is 3. The molecule has 0 aromatic heterocycles. The molecule has 0 spiro atoms. The van der Waals surface area contributed by atoms with E-state index in [-0.39, 0.29) is 11.9 Å². The molecule has 0 saturated carbocycles. The zero-order valence-corrected chi connectivity index (χ0v) is 11.4. The fourth-order valence-electron chi connectivity index (χ4n) is 2.06. The van der Waals surface area contributed by atoms with Gasteiger partial charge in [-0.25, -0.2) is 0 Å². The lowest BCUT2D eigenvalue weighted by atomic mass is 9.96. The number of carbonyl (C=O) groups is 1. The van der Waals surface area contributed by atoms with Gasteiger partial charge in [0.1, 0.15) is 18.3 Å². The second-order valence-electron chi connectivity index (χ2n) is 4.89. The fourth-order valence-corrected chi connectivity index (χ4v) is 2.33. The van der Waals surface area contributed by atoms with Gasteiger partial charge in [0.05, 0.1) is 17.4 Å². The highest BCUT2D eigenvalue weighted by molar-refractivity contribution is 6.21. The molecule has 1 rings (SSSR count). The van der Waals surface area contributed by atoms with Crippen LogP contribution in [-0.2, 0) is 9.53 Å². The third-order valence-electron chi connectivity index (χ3n) is 3.26. The molecule has 1 aliphatic heterocycles. The van der Waals surface area contributed by atoms with Crippen LogP contribution in [0.4, 0.5) is 0 Å². The standard InChI is InChI=1S/C12H21ClO5/c1-3-4-7(14)9(13)11(16)10(15)8-5-6(2)12(17)18-8/h6-11,14-16H,3-5H2,1-2H3. The number of rotatable bonds is 6. The molecule has 6 atom stereocenters. The molecule has 0 radical (unpaired) electrons. The minimum absolute atomic E-state index is 0.286. The van der Waals surface area contributed by atoms with Gasteiger partial charge in [0, 0.05) is 6.42 Å². The van der Waals surface area contributed by atoms with Crippen molar-refractivity contribution < 1.29 is 24.9 Å². The molecular formula is C12H21ClO5. The van der Waals surface area contributed by atoms with Crippen LogP contribution in [0.5, 0.6) is 0 Å². The smallest absolute Gasteiger partial charge is 0.309 e. The molecule has 106 valence electrons. The third kappa shape index (κ3) is 3.57. The lowest BCUT2D eigenvalue weighted by molar-refractivity contribution is -0.151. The summed E-state index contributed by atoms with van der Waals surface area (Å²) in [5.41, 5.74) is 0. The minimum Gasteiger partial charge on any atom is -0.459 e. The molecule has 3 N–H and O–H groups in total. The summed E-state index contributed by atoms with van der Waals surface area (Å²) in [6.45, 7) is 3.58. The molecule has 5 nitrogen and oxygen atoms in total. The van der Waals surface area contributed by atoms with E-state index in [1.807, 2.05) is 6.92 Å². The Kier molecular flexibility index (Phi) is 5.85. The summed E-state index contributed by atoms with van der Waals surface area (Å²) in [7, 11) is 0. The van der Waals surface area contributed by atoms with E-state index < -0.39 is 29.8 Å². The van der Waals surface area contributed by atoms with Gasteiger partial charge < -0.3 is 20.1 Å². The molecule has 6 heteroatoms. The Morgan fingerprint density at radius 2 is 2.06 bits per heavy atom. The van der Waals surface area contributed by atoms with Crippen LogP contribution in [-0.4, -0.2) is 51.1 Å². The van der Waals surface area contributed by atoms with Crippen molar-refractivity contribution in [2.75, 3.05) is 0 Å². The predicted octanol–water partition coefficient (Wildman–Crippen LogP) is 0.428. The first kappa shape index (κ1) is 15.7. The maximum absolute atomic E-state index is 11.2. The highest BCUT2D eigenvalue weighted by atomic mass is 35.5. The first-order valence-corrected chi connectivity index (χ1v) is 6.70. The van der Waals surface area contributed by atoms with E-state index in [0.29, 0.717) is 12.8 Å². The second-order valence-corrected chi connectivity index (χ2v) is 5.40. The Hall–Kier alpha value is -0.360. The van der Waals surface area contributed by atoms with Crippen LogP contribution in [0, 0.1) is 5.92 Å².